The fraction of sp³-hybridized carbons (Fsp3) is 0.0625. The zero-order valence-corrected chi connectivity index (χ0v) is 13.5. The first-order valence-corrected chi connectivity index (χ1v) is 7.41. The van der Waals surface area contributed by atoms with E-state index in [-0.39, 0.29) is 5.69 Å². The van der Waals surface area contributed by atoms with Gasteiger partial charge in [0.1, 0.15) is 5.71 Å². The molecule has 0 amide bonds. The van der Waals surface area contributed by atoms with E-state index in [0.717, 1.165) is 0 Å². The number of hydrazone groups is 1. The van der Waals surface area contributed by atoms with E-state index >= 15 is 0 Å². The van der Waals surface area contributed by atoms with Crippen molar-refractivity contribution in [1.82, 2.24) is 15.7 Å². The smallest absolute Gasteiger partial charge is 0.270 e. The van der Waals surface area contributed by atoms with Gasteiger partial charge >= 0.3 is 0 Å². The van der Waals surface area contributed by atoms with E-state index in [4.69, 9.17) is 12.2 Å². The van der Waals surface area contributed by atoms with Gasteiger partial charge in [0.05, 0.1) is 10.6 Å². The molecule has 0 fully saturated rings. The summed E-state index contributed by atoms with van der Waals surface area (Å²) in [7, 11) is 0. The molecule has 0 saturated heterocycles. The molecule has 24 heavy (non-hydrogen) atoms. The lowest BCUT2D eigenvalue weighted by Gasteiger charge is -2.09. The van der Waals surface area contributed by atoms with Gasteiger partial charge in [0.2, 0.25) is 0 Å². The van der Waals surface area contributed by atoms with Gasteiger partial charge in [0.15, 0.2) is 5.11 Å². The molecule has 2 N–H and O–H groups in total. The van der Waals surface area contributed by atoms with Crippen molar-refractivity contribution in [3.05, 3.63) is 82.7 Å². The number of nitrogens with one attached hydrogen (secondary N) is 2. The van der Waals surface area contributed by atoms with Gasteiger partial charge in [-0.3, -0.25) is 20.5 Å². The van der Waals surface area contributed by atoms with Crippen molar-refractivity contribution in [2.75, 3.05) is 6.54 Å². The molecule has 0 aliphatic heterocycles. The van der Waals surface area contributed by atoms with Crippen LogP contribution in [0, 0.1) is 10.1 Å². The predicted octanol–water partition coefficient (Wildman–Crippen LogP) is 2.39. The highest BCUT2D eigenvalue weighted by molar-refractivity contribution is 7.80. The molecular weight excluding hydrogens is 326 g/mol. The third-order valence-electron chi connectivity index (χ3n) is 2.91. The van der Waals surface area contributed by atoms with Gasteiger partial charge in [-0.1, -0.05) is 24.3 Å². The second-order valence-electron chi connectivity index (χ2n) is 4.59. The molecule has 0 aliphatic rings. The zero-order chi connectivity index (χ0) is 17.4. The monoisotopic (exact) mass is 341 g/mol. The van der Waals surface area contributed by atoms with Crippen LogP contribution in [-0.4, -0.2) is 27.3 Å². The van der Waals surface area contributed by atoms with E-state index in [1.807, 2.05) is 6.07 Å². The highest BCUT2D eigenvalue weighted by atomic mass is 32.1. The number of nitrogens with zero attached hydrogens (tertiary/aromatic N) is 3. The number of hydrogen-bond acceptors (Lipinski definition) is 5. The van der Waals surface area contributed by atoms with Gasteiger partial charge in [-0.2, -0.15) is 5.10 Å². The second-order valence-corrected chi connectivity index (χ2v) is 5.00. The Morgan fingerprint density at radius 1 is 1.38 bits per heavy atom. The number of rotatable bonds is 6. The summed E-state index contributed by atoms with van der Waals surface area (Å²) >= 11 is 5.10. The third-order valence-corrected chi connectivity index (χ3v) is 3.15. The van der Waals surface area contributed by atoms with Crippen molar-refractivity contribution in [3.63, 3.8) is 0 Å². The number of benzene rings is 1. The summed E-state index contributed by atoms with van der Waals surface area (Å²) in [6, 6.07) is 11.5. The predicted molar refractivity (Wildman–Crippen MR) is 96.9 cm³/mol. The molecule has 2 rings (SSSR count). The molecule has 0 unspecified atom stereocenters. The lowest BCUT2D eigenvalue weighted by atomic mass is 10.1. The molecule has 2 aromatic rings. The first kappa shape index (κ1) is 17.2. The Bertz CT molecular complexity index is 777. The lowest BCUT2D eigenvalue weighted by molar-refractivity contribution is -0.384. The standard InChI is InChI=1S/C16H15N5O2S/c1-2-9-18-16(24)20-19-15(14-8-3-4-10-17-14)12-6-5-7-13(11-12)21(22)23/h2-8,10-11H,1,9H2,(H2,18,20,24)/b19-15+. The van der Waals surface area contributed by atoms with Gasteiger partial charge in [-0.05, 0) is 24.4 Å². The maximum Gasteiger partial charge on any atom is 0.270 e. The van der Waals surface area contributed by atoms with Crippen LogP contribution in [0.4, 0.5) is 5.69 Å². The highest BCUT2D eigenvalue weighted by Gasteiger charge is 2.13. The SMILES string of the molecule is C=CCNC(=S)N/N=C(\c1cccc([N+](=O)[O-])c1)c1ccccn1. The van der Waals surface area contributed by atoms with Crippen LogP contribution in [-0.2, 0) is 0 Å². The third kappa shape index (κ3) is 4.68. The van der Waals surface area contributed by atoms with E-state index in [0.29, 0.717) is 28.6 Å². The molecule has 0 aliphatic carbocycles. The Kier molecular flexibility index (Phi) is 6.09. The molecule has 122 valence electrons. The fourth-order valence-electron chi connectivity index (χ4n) is 1.85. The summed E-state index contributed by atoms with van der Waals surface area (Å²) in [5.41, 5.74) is 4.26. The maximum absolute atomic E-state index is 11.0. The highest BCUT2D eigenvalue weighted by Crippen LogP contribution is 2.16. The molecule has 1 aromatic carbocycles. The van der Waals surface area contributed by atoms with Gasteiger partial charge < -0.3 is 5.32 Å². The van der Waals surface area contributed by atoms with E-state index < -0.39 is 4.92 Å². The summed E-state index contributed by atoms with van der Waals surface area (Å²) in [4.78, 5) is 14.8. The van der Waals surface area contributed by atoms with Crippen LogP contribution in [0.25, 0.3) is 0 Å². The lowest BCUT2D eigenvalue weighted by Crippen LogP contribution is -2.32. The van der Waals surface area contributed by atoms with Gasteiger partial charge in [0, 0.05) is 30.4 Å². The van der Waals surface area contributed by atoms with Crippen molar-refractivity contribution in [2.24, 2.45) is 5.10 Å². The van der Waals surface area contributed by atoms with Crippen molar-refractivity contribution < 1.29 is 4.92 Å². The molecule has 0 saturated carbocycles. The van der Waals surface area contributed by atoms with E-state index in [9.17, 15) is 10.1 Å². The van der Waals surface area contributed by atoms with Crippen molar-refractivity contribution in [2.45, 2.75) is 0 Å². The Morgan fingerprint density at radius 2 is 2.21 bits per heavy atom. The minimum Gasteiger partial charge on any atom is -0.358 e. The Labute approximate surface area is 144 Å². The normalized spacial score (nSPS) is 10.8. The number of aromatic nitrogens is 1. The van der Waals surface area contributed by atoms with Gasteiger partial charge in [-0.15, -0.1) is 6.58 Å². The summed E-state index contributed by atoms with van der Waals surface area (Å²) in [5.74, 6) is 0. The fourth-order valence-corrected chi connectivity index (χ4v) is 1.98. The Balaban J connectivity index is 2.37. The summed E-state index contributed by atoms with van der Waals surface area (Å²) < 4.78 is 0. The molecular formula is C16H15N5O2S. The topological polar surface area (TPSA) is 92.5 Å². The molecule has 7 nitrogen and oxygen atoms in total. The first-order chi connectivity index (χ1) is 11.6. The minimum atomic E-state index is -0.455. The molecule has 8 heteroatoms. The number of hydrogen-bond donors (Lipinski definition) is 2. The number of nitro benzene ring substituents is 1. The maximum atomic E-state index is 11.0. The van der Waals surface area contributed by atoms with Gasteiger partial charge in [0.25, 0.3) is 5.69 Å². The summed E-state index contributed by atoms with van der Waals surface area (Å²) in [6.45, 7) is 4.09. The second kappa shape index (κ2) is 8.49. The number of non-ortho nitro benzene ring substituents is 1. The van der Waals surface area contributed by atoms with E-state index in [1.165, 1.54) is 12.1 Å². The Morgan fingerprint density at radius 3 is 2.88 bits per heavy atom. The van der Waals surface area contributed by atoms with E-state index in [2.05, 4.69) is 27.4 Å². The van der Waals surface area contributed by atoms with Gasteiger partial charge in [-0.25, -0.2) is 0 Å². The van der Waals surface area contributed by atoms with Crippen molar-refractivity contribution >= 4 is 28.7 Å². The van der Waals surface area contributed by atoms with Crippen LogP contribution in [0.2, 0.25) is 0 Å². The molecule has 0 spiro atoms. The van der Waals surface area contributed by atoms with Crippen molar-refractivity contribution in [1.29, 1.82) is 0 Å². The first-order valence-electron chi connectivity index (χ1n) is 7.00. The Hall–Kier alpha value is -3.13. The summed E-state index contributed by atoms with van der Waals surface area (Å²) in [6.07, 6.45) is 3.29. The minimum absolute atomic E-state index is 0.0245. The molecule has 0 radical (unpaired) electrons. The van der Waals surface area contributed by atoms with Crippen LogP contribution in [0.3, 0.4) is 0 Å². The number of pyridine rings is 1. The van der Waals surface area contributed by atoms with Crippen LogP contribution >= 0.6 is 12.2 Å². The van der Waals surface area contributed by atoms with Crippen molar-refractivity contribution in [3.8, 4) is 0 Å². The number of thiocarbonyl (C=S) groups is 1. The van der Waals surface area contributed by atoms with E-state index in [1.54, 1.807) is 36.5 Å². The van der Waals surface area contributed by atoms with Crippen LogP contribution in [0.15, 0.2) is 66.4 Å². The average Bonchev–Trinajstić information content (AvgIpc) is 2.61. The van der Waals surface area contributed by atoms with Crippen LogP contribution in [0.1, 0.15) is 11.3 Å². The largest absolute Gasteiger partial charge is 0.358 e. The molecule has 1 heterocycles. The molecule has 0 atom stereocenters. The van der Waals surface area contributed by atoms with Crippen LogP contribution < -0.4 is 10.7 Å². The van der Waals surface area contributed by atoms with Crippen LogP contribution in [0.5, 0.6) is 0 Å². The molecule has 1 aromatic heterocycles. The molecule has 0 bridgehead atoms. The zero-order valence-electron chi connectivity index (χ0n) is 12.7. The average molecular weight is 341 g/mol. The number of nitro groups is 1. The summed E-state index contributed by atoms with van der Waals surface area (Å²) in [5, 5.41) is 18.5. The quantitative estimate of drug-likeness (QED) is 0.276.